The molecule has 1 heterocycles. The molecule has 0 bridgehead atoms. The Bertz CT molecular complexity index is 354. The predicted molar refractivity (Wildman–Crippen MR) is 65.8 cm³/mol. The third-order valence-electron chi connectivity index (χ3n) is 2.06. The maximum Gasteiger partial charge on any atom is 0.308 e. The van der Waals surface area contributed by atoms with Crippen LogP contribution in [0.2, 0.25) is 0 Å². The predicted octanol–water partition coefficient (Wildman–Crippen LogP) is 0.855. The summed E-state index contributed by atoms with van der Waals surface area (Å²) < 4.78 is 4.75. The van der Waals surface area contributed by atoms with Crippen molar-refractivity contribution in [2.45, 2.75) is 32.9 Å². The molecule has 0 amide bonds. The van der Waals surface area contributed by atoms with E-state index in [1.54, 1.807) is 18.3 Å². The van der Waals surface area contributed by atoms with Crippen LogP contribution in [0.25, 0.3) is 0 Å². The molecule has 0 spiro atoms. The second-order valence-electron chi connectivity index (χ2n) is 3.64. The van der Waals surface area contributed by atoms with Gasteiger partial charge in [-0.25, -0.2) is 4.98 Å². The van der Waals surface area contributed by atoms with Crippen LogP contribution in [0.4, 0.5) is 0 Å². The minimum absolute atomic E-state index is 0.0303. The van der Waals surface area contributed by atoms with Crippen molar-refractivity contribution >= 4 is 17.3 Å². The summed E-state index contributed by atoms with van der Waals surface area (Å²) >= 11 is 1.61. The van der Waals surface area contributed by atoms with Crippen LogP contribution in [0.15, 0.2) is 6.20 Å². The normalized spacial score (nSPS) is 12.4. The fraction of sp³-hybridized carbons (Fsp3) is 0.636. The van der Waals surface area contributed by atoms with Gasteiger partial charge in [0.1, 0.15) is 0 Å². The molecule has 2 N–H and O–H groups in total. The Kier molecular flexibility index (Phi) is 6.10. The van der Waals surface area contributed by atoms with Crippen molar-refractivity contribution in [2.75, 3.05) is 13.2 Å². The third-order valence-corrected chi connectivity index (χ3v) is 2.97. The van der Waals surface area contributed by atoms with Crippen LogP contribution in [0.3, 0.4) is 0 Å². The average molecular weight is 258 g/mol. The number of hydrogen-bond acceptors (Lipinski definition) is 6. The summed E-state index contributed by atoms with van der Waals surface area (Å²) in [7, 11) is 0. The maximum atomic E-state index is 11.1. The molecule has 6 heteroatoms. The van der Waals surface area contributed by atoms with Gasteiger partial charge in [0, 0.05) is 24.2 Å². The van der Waals surface area contributed by atoms with E-state index in [2.05, 4.69) is 10.3 Å². The second-order valence-corrected chi connectivity index (χ2v) is 4.96. The van der Waals surface area contributed by atoms with Gasteiger partial charge in [0.2, 0.25) is 0 Å². The Balaban J connectivity index is 2.15. The van der Waals surface area contributed by atoms with E-state index in [1.165, 1.54) is 0 Å². The maximum absolute atomic E-state index is 11.1. The molecule has 1 unspecified atom stereocenters. The molecule has 0 aliphatic heterocycles. The van der Waals surface area contributed by atoms with E-state index < -0.39 is 6.10 Å². The molecule has 0 aliphatic carbocycles. The van der Waals surface area contributed by atoms with E-state index in [-0.39, 0.29) is 12.4 Å². The highest BCUT2D eigenvalue weighted by Gasteiger charge is 2.11. The van der Waals surface area contributed by atoms with Crippen LogP contribution in [0, 0.1) is 6.92 Å². The monoisotopic (exact) mass is 258 g/mol. The molecule has 0 fully saturated rings. The molecule has 1 atom stereocenters. The molecule has 1 aromatic rings. The number of aromatic nitrogens is 1. The molecule has 0 saturated carbocycles. The first kappa shape index (κ1) is 14.1. The fourth-order valence-electron chi connectivity index (χ4n) is 1.33. The molecule has 0 radical (unpaired) electrons. The van der Waals surface area contributed by atoms with Gasteiger partial charge in [-0.05, 0) is 13.8 Å². The number of aliphatic hydroxyl groups excluding tert-OH is 1. The number of thiazole rings is 1. The van der Waals surface area contributed by atoms with Crippen LogP contribution >= 0.6 is 11.3 Å². The van der Waals surface area contributed by atoms with Crippen LogP contribution in [-0.4, -0.2) is 35.3 Å². The standard InChI is InChI=1S/C11H18N2O3S/c1-3-16-11(15)4-9(14)5-12-6-10-7-13-8(2)17-10/h7,9,12,14H,3-6H2,1-2H3. The minimum atomic E-state index is -0.705. The van der Waals surface area contributed by atoms with Crippen LogP contribution in [0.5, 0.6) is 0 Å². The third kappa shape index (κ3) is 5.76. The summed E-state index contributed by atoms with van der Waals surface area (Å²) in [6, 6.07) is 0. The number of esters is 1. The smallest absolute Gasteiger partial charge is 0.308 e. The molecule has 96 valence electrons. The van der Waals surface area contributed by atoms with E-state index in [4.69, 9.17) is 4.74 Å². The number of carbonyl (C=O) groups is 1. The van der Waals surface area contributed by atoms with E-state index in [0.717, 1.165) is 9.88 Å². The lowest BCUT2D eigenvalue weighted by Gasteiger charge is -2.10. The number of ether oxygens (including phenoxy) is 1. The van der Waals surface area contributed by atoms with Gasteiger partial charge < -0.3 is 15.2 Å². The highest BCUT2D eigenvalue weighted by atomic mass is 32.1. The zero-order chi connectivity index (χ0) is 12.7. The Hall–Kier alpha value is -0.980. The van der Waals surface area contributed by atoms with Crippen molar-refractivity contribution in [3.8, 4) is 0 Å². The topological polar surface area (TPSA) is 71.5 Å². The van der Waals surface area contributed by atoms with E-state index in [9.17, 15) is 9.90 Å². The molecular formula is C11H18N2O3S. The first-order valence-electron chi connectivity index (χ1n) is 5.57. The zero-order valence-electron chi connectivity index (χ0n) is 10.1. The lowest BCUT2D eigenvalue weighted by molar-refractivity contribution is -0.145. The molecule has 5 nitrogen and oxygen atoms in total. The molecule has 1 rings (SSSR count). The quantitative estimate of drug-likeness (QED) is 0.710. The fourth-order valence-corrected chi connectivity index (χ4v) is 2.10. The van der Waals surface area contributed by atoms with Crippen molar-refractivity contribution < 1.29 is 14.6 Å². The molecule has 1 aromatic heterocycles. The van der Waals surface area contributed by atoms with Gasteiger partial charge in [0.05, 0.1) is 24.1 Å². The molecule has 17 heavy (non-hydrogen) atoms. The van der Waals surface area contributed by atoms with Crippen molar-refractivity contribution in [1.82, 2.24) is 10.3 Å². The summed E-state index contributed by atoms with van der Waals surface area (Å²) in [5.41, 5.74) is 0. The van der Waals surface area contributed by atoms with Crippen molar-refractivity contribution in [2.24, 2.45) is 0 Å². The van der Waals surface area contributed by atoms with Gasteiger partial charge in [-0.1, -0.05) is 0 Å². The highest BCUT2D eigenvalue weighted by molar-refractivity contribution is 7.11. The van der Waals surface area contributed by atoms with Crippen molar-refractivity contribution in [3.05, 3.63) is 16.1 Å². The Morgan fingerprint density at radius 3 is 3.06 bits per heavy atom. The van der Waals surface area contributed by atoms with Gasteiger partial charge in [0.15, 0.2) is 0 Å². The van der Waals surface area contributed by atoms with Crippen LogP contribution in [0.1, 0.15) is 23.2 Å². The number of aryl methyl sites for hydroxylation is 1. The molecule has 0 aliphatic rings. The largest absolute Gasteiger partial charge is 0.466 e. The number of nitrogens with zero attached hydrogens (tertiary/aromatic N) is 1. The lowest BCUT2D eigenvalue weighted by atomic mass is 10.2. The summed E-state index contributed by atoms with van der Waals surface area (Å²) in [5, 5.41) is 13.7. The summed E-state index contributed by atoms with van der Waals surface area (Å²) in [4.78, 5) is 16.3. The summed E-state index contributed by atoms with van der Waals surface area (Å²) in [6.45, 7) is 5.07. The van der Waals surface area contributed by atoms with E-state index >= 15 is 0 Å². The highest BCUT2D eigenvalue weighted by Crippen LogP contribution is 2.10. The summed E-state index contributed by atoms with van der Waals surface area (Å²) in [6.07, 6.45) is 1.14. The average Bonchev–Trinajstić information content (AvgIpc) is 2.64. The first-order valence-corrected chi connectivity index (χ1v) is 6.39. The van der Waals surface area contributed by atoms with Crippen LogP contribution in [-0.2, 0) is 16.1 Å². The zero-order valence-corrected chi connectivity index (χ0v) is 10.9. The van der Waals surface area contributed by atoms with Gasteiger partial charge in [-0.2, -0.15) is 0 Å². The Morgan fingerprint density at radius 1 is 1.71 bits per heavy atom. The molecule has 0 aromatic carbocycles. The number of carbonyl (C=O) groups excluding carboxylic acids is 1. The SMILES string of the molecule is CCOC(=O)CC(O)CNCc1cnc(C)s1. The molecular weight excluding hydrogens is 240 g/mol. The van der Waals surface area contributed by atoms with Crippen molar-refractivity contribution in [3.63, 3.8) is 0 Å². The number of aliphatic hydroxyl groups is 1. The van der Waals surface area contributed by atoms with Gasteiger partial charge in [-0.3, -0.25) is 4.79 Å². The number of nitrogens with one attached hydrogen (secondary N) is 1. The first-order chi connectivity index (χ1) is 8.11. The second kappa shape index (κ2) is 7.37. The molecule has 0 saturated heterocycles. The number of hydrogen-bond donors (Lipinski definition) is 2. The van der Waals surface area contributed by atoms with Gasteiger partial charge >= 0.3 is 5.97 Å². The minimum Gasteiger partial charge on any atom is -0.466 e. The summed E-state index contributed by atoms with van der Waals surface area (Å²) in [5.74, 6) is -0.365. The lowest BCUT2D eigenvalue weighted by Crippen LogP contribution is -2.28. The van der Waals surface area contributed by atoms with Gasteiger partial charge in [-0.15, -0.1) is 11.3 Å². The number of rotatable bonds is 7. The Labute approximate surface area is 105 Å². The van der Waals surface area contributed by atoms with E-state index in [1.807, 2.05) is 13.1 Å². The van der Waals surface area contributed by atoms with Crippen molar-refractivity contribution in [1.29, 1.82) is 0 Å². The Morgan fingerprint density at radius 2 is 2.47 bits per heavy atom. The van der Waals surface area contributed by atoms with E-state index in [0.29, 0.717) is 19.7 Å². The van der Waals surface area contributed by atoms with Gasteiger partial charge in [0.25, 0.3) is 0 Å². The van der Waals surface area contributed by atoms with Crippen LogP contribution < -0.4 is 5.32 Å².